The van der Waals surface area contributed by atoms with Crippen LogP contribution in [0, 0.1) is 0 Å². The van der Waals surface area contributed by atoms with Gasteiger partial charge in [0.1, 0.15) is 4.90 Å². The third-order valence-corrected chi connectivity index (χ3v) is 7.13. The van der Waals surface area contributed by atoms with E-state index in [0.717, 1.165) is 24.3 Å². The number of rotatable bonds is 5. The predicted molar refractivity (Wildman–Crippen MR) is 101 cm³/mol. The first kappa shape index (κ1) is 20.9. The Morgan fingerprint density at radius 1 is 0.966 bits per heavy atom. The lowest BCUT2D eigenvalue weighted by Gasteiger charge is -2.17. The maximum Gasteiger partial charge on any atom is 0.302 e. The summed E-state index contributed by atoms with van der Waals surface area (Å²) in [6.45, 7) is 0. The van der Waals surface area contributed by atoms with Gasteiger partial charge >= 0.3 is 5.91 Å². The summed E-state index contributed by atoms with van der Waals surface area (Å²) in [5.41, 5.74) is 1.93. The molecule has 15 heteroatoms. The highest BCUT2D eigenvalue weighted by molar-refractivity contribution is 7.90. The molecule has 29 heavy (non-hydrogen) atoms. The molecule has 0 fully saturated rings. The van der Waals surface area contributed by atoms with Crippen LogP contribution >= 0.6 is 0 Å². The number of nitrogens with one attached hydrogen (secondary N) is 3. The molecular weight excluding hydrogens is 446 g/mol. The molecule has 0 aromatic heterocycles. The van der Waals surface area contributed by atoms with Gasteiger partial charge in [-0.1, -0.05) is 12.1 Å². The number of primary sulfonamides is 1. The van der Waals surface area contributed by atoms with Crippen LogP contribution in [0.2, 0.25) is 0 Å². The number of nitrogens with zero attached hydrogens (tertiary/aromatic N) is 1. The molecule has 0 atom stereocenters. The van der Waals surface area contributed by atoms with Gasteiger partial charge in [-0.2, -0.15) is 8.42 Å². The van der Waals surface area contributed by atoms with Crippen molar-refractivity contribution in [3.05, 3.63) is 48.5 Å². The van der Waals surface area contributed by atoms with Crippen LogP contribution in [-0.2, 0) is 34.9 Å². The molecule has 1 amide bonds. The SMILES string of the molecule is NS(=O)(=O)c1ccc(S(=O)(=O)NNC(=O)C2=NS(=O)(=O)c3ccccc3N2)cc1. The molecule has 1 heterocycles. The molecule has 0 spiro atoms. The lowest BCUT2D eigenvalue weighted by molar-refractivity contribution is -0.115. The van der Waals surface area contributed by atoms with Crippen molar-refractivity contribution in [3.8, 4) is 0 Å². The number of amidine groups is 1. The van der Waals surface area contributed by atoms with Crippen LogP contribution in [0.5, 0.6) is 0 Å². The van der Waals surface area contributed by atoms with Crippen LogP contribution in [0.4, 0.5) is 5.69 Å². The highest BCUT2D eigenvalue weighted by Gasteiger charge is 2.28. The Bertz CT molecular complexity index is 1330. The van der Waals surface area contributed by atoms with Crippen LogP contribution in [0.1, 0.15) is 0 Å². The number of sulfonamides is 3. The number of anilines is 1. The lowest BCUT2D eigenvalue weighted by Crippen LogP contribution is -2.47. The molecule has 154 valence electrons. The number of carbonyl (C=O) groups is 1. The van der Waals surface area contributed by atoms with Gasteiger partial charge in [-0.05, 0) is 36.4 Å². The summed E-state index contributed by atoms with van der Waals surface area (Å²) in [6.07, 6.45) is 0. The van der Waals surface area contributed by atoms with Gasteiger partial charge in [0.15, 0.2) is 0 Å². The zero-order valence-corrected chi connectivity index (χ0v) is 16.7. The second kappa shape index (κ2) is 7.20. The van der Waals surface area contributed by atoms with Gasteiger partial charge in [-0.25, -0.2) is 22.0 Å². The Hall–Kier alpha value is -2.85. The fourth-order valence-electron chi connectivity index (χ4n) is 2.25. The summed E-state index contributed by atoms with van der Waals surface area (Å²) < 4.78 is 74.4. The number of fused-ring (bicyclic) bond motifs is 1. The summed E-state index contributed by atoms with van der Waals surface area (Å²) in [5.74, 6) is -1.80. The first-order valence-corrected chi connectivity index (χ1v) is 12.0. The van der Waals surface area contributed by atoms with Crippen molar-refractivity contribution >= 4 is 47.5 Å². The standard InChI is InChI=1S/C14H13N5O7S3/c15-27(21,22)9-5-7-10(8-6-9)28(23,24)19-17-14(20)13-16-11-3-1-2-4-12(11)29(25,26)18-13/h1-8,19H,(H,16,18)(H,17,20)(H2,15,21,22). The molecule has 1 aliphatic heterocycles. The second-order valence-corrected chi connectivity index (χ2v) is 10.4. The molecule has 1 aliphatic rings. The minimum atomic E-state index is -4.30. The van der Waals surface area contributed by atoms with E-state index in [1.807, 2.05) is 5.43 Å². The zero-order valence-electron chi connectivity index (χ0n) is 14.2. The average molecular weight is 459 g/mol. The van der Waals surface area contributed by atoms with E-state index in [-0.39, 0.29) is 20.4 Å². The molecule has 2 aromatic carbocycles. The summed E-state index contributed by atoms with van der Waals surface area (Å²) in [5, 5.41) is 7.43. The van der Waals surface area contributed by atoms with Crippen LogP contribution in [0.3, 0.4) is 0 Å². The van der Waals surface area contributed by atoms with Gasteiger partial charge in [0.25, 0.3) is 20.0 Å². The van der Waals surface area contributed by atoms with E-state index in [1.165, 1.54) is 24.3 Å². The molecule has 0 aliphatic carbocycles. The lowest BCUT2D eigenvalue weighted by atomic mass is 10.3. The van der Waals surface area contributed by atoms with Crippen LogP contribution < -0.4 is 20.7 Å². The number of hydrazine groups is 1. The van der Waals surface area contributed by atoms with E-state index in [2.05, 4.69) is 9.71 Å². The number of hydrogen-bond donors (Lipinski definition) is 4. The Balaban J connectivity index is 1.76. The maximum absolute atomic E-state index is 12.2. The summed E-state index contributed by atoms with van der Waals surface area (Å²) in [7, 11) is -12.4. The zero-order chi connectivity index (χ0) is 21.4. The number of carbonyl (C=O) groups excluding carboxylic acids is 1. The number of amides is 1. The van der Waals surface area contributed by atoms with Crippen molar-refractivity contribution in [3.63, 3.8) is 0 Å². The Kier molecular flexibility index (Phi) is 5.18. The third-order valence-electron chi connectivity index (χ3n) is 3.61. The second-order valence-electron chi connectivity index (χ2n) is 5.61. The van der Waals surface area contributed by atoms with Crippen molar-refractivity contribution in [2.75, 3.05) is 5.32 Å². The van der Waals surface area contributed by atoms with Gasteiger partial charge in [-0.3, -0.25) is 10.2 Å². The predicted octanol–water partition coefficient (Wildman–Crippen LogP) is -1.14. The maximum atomic E-state index is 12.2. The Morgan fingerprint density at radius 2 is 1.55 bits per heavy atom. The molecule has 0 radical (unpaired) electrons. The summed E-state index contributed by atoms with van der Waals surface area (Å²) in [6, 6.07) is 9.60. The van der Waals surface area contributed by atoms with E-state index >= 15 is 0 Å². The average Bonchev–Trinajstić information content (AvgIpc) is 2.65. The highest BCUT2D eigenvalue weighted by Crippen LogP contribution is 2.26. The van der Waals surface area contributed by atoms with Gasteiger partial charge in [0.05, 0.1) is 15.5 Å². The van der Waals surface area contributed by atoms with Crippen LogP contribution in [-0.4, -0.2) is 37.0 Å². The molecule has 3 rings (SSSR count). The van der Waals surface area contributed by atoms with Crippen molar-refractivity contribution < 1.29 is 30.0 Å². The van der Waals surface area contributed by atoms with E-state index in [0.29, 0.717) is 0 Å². The van der Waals surface area contributed by atoms with E-state index < -0.39 is 41.8 Å². The third kappa shape index (κ3) is 4.43. The summed E-state index contributed by atoms with van der Waals surface area (Å²) >= 11 is 0. The minimum absolute atomic E-state index is 0.106. The Labute approximate surface area is 166 Å². The monoisotopic (exact) mass is 459 g/mol. The Morgan fingerprint density at radius 3 is 2.17 bits per heavy atom. The molecule has 0 saturated carbocycles. The van der Waals surface area contributed by atoms with Crippen molar-refractivity contribution in [2.45, 2.75) is 14.7 Å². The molecule has 5 N–H and O–H groups in total. The first-order valence-electron chi connectivity index (χ1n) is 7.56. The van der Waals surface area contributed by atoms with Gasteiger partial charge < -0.3 is 5.32 Å². The van der Waals surface area contributed by atoms with Crippen LogP contribution in [0.15, 0.2) is 67.6 Å². The molecule has 0 bridgehead atoms. The van der Waals surface area contributed by atoms with Gasteiger partial charge in [-0.15, -0.1) is 9.23 Å². The quantitative estimate of drug-likeness (QED) is 0.403. The number of nitrogens with two attached hydrogens (primary N) is 1. The fourth-order valence-corrected chi connectivity index (χ4v) is 4.72. The topological polar surface area (TPSA) is 194 Å². The highest BCUT2D eigenvalue weighted by atomic mass is 32.2. The summed E-state index contributed by atoms with van der Waals surface area (Å²) in [4.78, 5) is 13.1. The van der Waals surface area contributed by atoms with Gasteiger partial charge in [0, 0.05) is 0 Å². The van der Waals surface area contributed by atoms with Crippen LogP contribution in [0.25, 0.3) is 0 Å². The van der Waals surface area contributed by atoms with E-state index in [9.17, 15) is 30.0 Å². The largest absolute Gasteiger partial charge is 0.334 e. The smallest absolute Gasteiger partial charge is 0.302 e. The normalized spacial score (nSPS) is 15.6. The molecule has 2 aromatic rings. The van der Waals surface area contributed by atoms with Crippen molar-refractivity contribution in [1.29, 1.82) is 0 Å². The molecule has 0 unspecified atom stereocenters. The fraction of sp³-hybridized carbons (Fsp3) is 0. The number of benzene rings is 2. The molecule has 0 saturated heterocycles. The van der Waals surface area contributed by atoms with Gasteiger partial charge in [0.2, 0.25) is 15.9 Å². The van der Waals surface area contributed by atoms with Crippen molar-refractivity contribution in [2.24, 2.45) is 9.54 Å². The minimum Gasteiger partial charge on any atom is -0.334 e. The molecule has 12 nitrogen and oxygen atoms in total. The van der Waals surface area contributed by atoms with E-state index in [1.54, 1.807) is 4.83 Å². The first-order chi connectivity index (χ1) is 13.4. The molecular formula is C14H13N5O7S3. The number of hydrogen-bond acceptors (Lipinski definition) is 8. The van der Waals surface area contributed by atoms with E-state index in [4.69, 9.17) is 5.14 Å². The number of para-hydroxylation sites is 1. The van der Waals surface area contributed by atoms with Crippen molar-refractivity contribution in [1.82, 2.24) is 10.3 Å².